The van der Waals surface area contributed by atoms with Crippen molar-refractivity contribution in [1.82, 2.24) is 10.2 Å². The fourth-order valence-corrected chi connectivity index (χ4v) is 3.09. The highest BCUT2D eigenvalue weighted by atomic mass is 15.2. The summed E-state index contributed by atoms with van der Waals surface area (Å²) in [6.45, 7) is 6.83. The van der Waals surface area contributed by atoms with Crippen LogP contribution in [0, 0.1) is 0 Å². The van der Waals surface area contributed by atoms with Crippen LogP contribution in [0.4, 0.5) is 0 Å². The van der Waals surface area contributed by atoms with Crippen LogP contribution in [0.2, 0.25) is 0 Å². The van der Waals surface area contributed by atoms with E-state index in [4.69, 9.17) is 0 Å². The minimum absolute atomic E-state index is 0.693. The van der Waals surface area contributed by atoms with Crippen molar-refractivity contribution in [3.05, 3.63) is 0 Å². The standard InChI is InChI=1S/C15H32N2/c1-4-10-14(16-5-2)13-17(3)15-11-8-6-7-9-12-15/h14-16H,4-13H2,1-3H3. The maximum atomic E-state index is 3.63. The zero-order valence-electron chi connectivity index (χ0n) is 12.2. The van der Waals surface area contributed by atoms with Crippen molar-refractivity contribution in [3.8, 4) is 0 Å². The fourth-order valence-electron chi connectivity index (χ4n) is 3.09. The van der Waals surface area contributed by atoms with Gasteiger partial charge in [0.15, 0.2) is 0 Å². The normalized spacial score (nSPS) is 20.5. The number of rotatable bonds is 7. The van der Waals surface area contributed by atoms with Gasteiger partial charge in [-0.25, -0.2) is 0 Å². The number of hydrogen-bond donors (Lipinski definition) is 1. The summed E-state index contributed by atoms with van der Waals surface area (Å²) in [5.41, 5.74) is 0. The predicted octanol–water partition coefficient (Wildman–Crippen LogP) is 3.42. The summed E-state index contributed by atoms with van der Waals surface area (Å²) in [7, 11) is 2.33. The maximum absolute atomic E-state index is 3.63. The first-order valence-electron chi connectivity index (χ1n) is 7.71. The van der Waals surface area contributed by atoms with E-state index >= 15 is 0 Å². The van der Waals surface area contributed by atoms with Crippen LogP contribution in [-0.4, -0.2) is 37.1 Å². The van der Waals surface area contributed by atoms with E-state index in [-0.39, 0.29) is 0 Å². The first-order chi connectivity index (χ1) is 8.27. The average Bonchev–Trinajstić information content (AvgIpc) is 2.58. The van der Waals surface area contributed by atoms with Crippen molar-refractivity contribution >= 4 is 0 Å². The molecule has 0 heterocycles. The Balaban J connectivity index is 2.35. The van der Waals surface area contributed by atoms with Gasteiger partial charge < -0.3 is 10.2 Å². The second-order valence-electron chi connectivity index (χ2n) is 5.63. The van der Waals surface area contributed by atoms with Gasteiger partial charge in [-0.2, -0.15) is 0 Å². The first kappa shape index (κ1) is 15.0. The summed E-state index contributed by atoms with van der Waals surface area (Å²) in [5, 5.41) is 3.63. The van der Waals surface area contributed by atoms with Gasteiger partial charge in [0.05, 0.1) is 0 Å². The summed E-state index contributed by atoms with van der Waals surface area (Å²) in [6.07, 6.45) is 11.2. The highest BCUT2D eigenvalue weighted by Gasteiger charge is 2.19. The Bertz CT molecular complexity index is 168. The average molecular weight is 240 g/mol. The van der Waals surface area contributed by atoms with E-state index in [1.807, 2.05) is 0 Å². The van der Waals surface area contributed by atoms with Gasteiger partial charge in [-0.15, -0.1) is 0 Å². The van der Waals surface area contributed by atoms with Crippen LogP contribution < -0.4 is 5.32 Å². The molecule has 102 valence electrons. The van der Waals surface area contributed by atoms with E-state index in [0.29, 0.717) is 6.04 Å². The van der Waals surface area contributed by atoms with Crippen LogP contribution in [0.3, 0.4) is 0 Å². The van der Waals surface area contributed by atoms with Gasteiger partial charge in [-0.1, -0.05) is 46.0 Å². The molecule has 1 atom stereocenters. The third kappa shape index (κ3) is 5.87. The van der Waals surface area contributed by atoms with E-state index in [1.165, 1.54) is 57.9 Å². The van der Waals surface area contributed by atoms with E-state index < -0.39 is 0 Å². The molecule has 1 saturated carbocycles. The molecule has 2 nitrogen and oxygen atoms in total. The molecule has 17 heavy (non-hydrogen) atoms. The Morgan fingerprint density at radius 3 is 2.29 bits per heavy atom. The van der Waals surface area contributed by atoms with E-state index in [9.17, 15) is 0 Å². The van der Waals surface area contributed by atoms with Gasteiger partial charge >= 0.3 is 0 Å². The zero-order chi connectivity index (χ0) is 12.5. The van der Waals surface area contributed by atoms with E-state index in [2.05, 4.69) is 31.1 Å². The Morgan fingerprint density at radius 2 is 1.76 bits per heavy atom. The summed E-state index contributed by atoms with van der Waals surface area (Å²) in [6, 6.07) is 1.54. The number of likely N-dealkylation sites (N-methyl/N-ethyl adjacent to an activating group) is 2. The molecule has 1 rings (SSSR count). The highest BCUT2D eigenvalue weighted by molar-refractivity contribution is 4.77. The van der Waals surface area contributed by atoms with Crippen LogP contribution in [-0.2, 0) is 0 Å². The number of hydrogen-bond acceptors (Lipinski definition) is 2. The molecule has 0 spiro atoms. The van der Waals surface area contributed by atoms with Crippen molar-refractivity contribution in [2.75, 3.05) is 20.1 Å². The Labute approximate surface area is 108 Å². The molecule has 0 amide bonds. The number of nitrogens with one attached hydrogen (secondary N) is 1. The maximum Gasteiger partial charge on any atom is 0.0194 e. The van der Waals surface area contributed by atoms with Gasteiger partial charge in [0, 0.05) is 18.6 Å². The van der Waals surface area contributed by atoms with Gasteiger partial charge in [0.1, 0.15) is 0 Å². The third-order valence-corrected chi connectivity index (χ3v) is 4.09. The lowest BCUT2D eigenvalue weighted by Crippen LogP contribution is -2.43. The summed E-state index contributed by atoms with van der Waals surface area (Å²) in [5.74, 6) is 0. The number of nitrogens with zero attached hydrogens (tertiary/aromatic N) is 1. The minimum Gasteiger partial charge on any atom is -0.313 e. The van der Waals surface area contributed by atoms with E-state index in [1.54, 1.807) is 0 Å². The van der Waals surface area contributed by atoms with E-state index in [0.717, 1.165) is 12.6 Å². The lowest BCUT2D eigenvalue weighted by Gasteiger charge is -2.31. The fraction of sp³-hybridized carbons (Fsp3) is 1.00. The van der Waals surface area contributed by atoms with Crippen LogP contribution in [0.25, 0.3) is 0 Å². The minimum atomic E-state index is 0.693. The van der Waals surface area contributed by atoms with Crippen LogP contribution in [0.5, 0.6) is 0 Å². The van der Waals surface area contributed by atoms with Crippen LogP contribution >= 0.6 is 0 Å². The van der Waals surface area contributed by atoms with Crippen molar-refractivity contribution in [2.45, 2.75) is 77.3 Å². The van der Waals surface area contributed by atoms with Crippen molar-refractivity contribution in [2.24, 2.45) is 0 Å². The predicted molar refractivity (Wildman–Crippen MR) is 76.5 cm³/mol. The van der Waals surface area contributed by atoms with Gasteiger partial charge in [0.25, 0.3) is 0 Å². The molecule has 0 aromatic heterocycles. The Kier molecular flexibility index (Phi) is 7.87. The molecule has 0 aromatic carbocycles. The lowest BCUT2D eigenvalue weighted by molar-refractivity contribution is 0.195. The topological polar surface area (TPSA) is 15.3 Å². The van der Waals surface area contributed by atoms with Gasteiger partial charge in [0.2, 0.25) is 0 Å². The molecule has 1 N–H and O–H groups in total. The molecular formula is C15H32N2. The molecule has 0 radical (unpaired) electrons. The van der Waals surface area contributed by atoms with Gasteiger partial charge in [-0.3, -0.25) is 0 Å². The van der Waals surface area contributed by atoms with Crippen molar-refractivity contribution < 1.29 is 0 Å². The van der Waals surface area contributed by atoms with Crippen molar-refractivity contribution in [1.29, 1.82) is 0 Å². The molecule has 0 bridgehead atoms. The zero-order valence-corrected chi connectivity index (χ0v) is 12.2. The second kappa shape index (κ2) is 8.93. The summed E-state index contributed by atoms with van der Waals surface area (Å²) >= 11 is 0. The van der Waals surface area contributed by atoms with Crippen LogP contribution in [0.15, 0.2) is 0 Å². The molecule has 1 aliphatic carbocycles. The quantitative estimate of drug-likeness (QED) is 0.686. The summed E-state index contributed by atoms with van der Waals surface area (Å²) < 4.78 is 0. The third-order valence-electron chi connectivity index (χ3n) is 4.09. The SMILES string of the molecule is CCCC(CN(C)C1CCCCCC1)NCC. The van der Waals surface area contributed by atoms with Crippen molar-refractivity contribution in [3.63, 3.8) is 0 Å². The van der Waals surface area contributed by atoms with Gasteiger partial charge in [-0.05, 0) is 32.9 Å². The molecule has 1 unspecified atom stereocenters. The molecule has 0 aliphatic heterocycles. The molecule has 0 aromatic rings. The molecule has 2 heteroatoms. The molecule has 1 aliphatic rings. The largest absolute Gasteiger partial charge is 0.313 e. The molecule has 0 saturated heterocycles. The highest BCUT2D eigenvalue weighted by Crippen LogP contribution is 2.21. The second-order valence-corrected chi connectivity index (χ2v) is 5.63. The lowest BCUT2D eigenvalue weighted by atomic mass is 10.1. The van der Waals surface area contributed by atoms with Crippen LogP contribution in [0.1, 0.15) is 65.2 Å². The summed E-state index contributed by atoms with van der Waals surface area (Å²) in [4.78, 5) is 2.62. The Hall–Kier alpha value is -0.0800. The smallest absolute Gasteiger partial charge is 0.0194 e. The molecular weight excluding hydrogens is 208 g/mol. The monoisotopic (exact) mass is 240 g/mol. The Morgan fingerprint density at radius 1 is 1.12 bits per heavy atom. The first-order valence-corrected chi connectivity index (χ1v) is 7.71. The molecule has 1 fully saturated rings.